The van der Waals surface area contributed by atoms with Gasteiger partial charge in [0.2, 0.25) is 10.0 Å². The van der Waals surface area contributed by atoms with Crippen LogP contribution in [0.25, 0.3) is 10.8 Å². The van der Waals surface area contributed by atoms with Gasteiger partial charge < -0.3 is 9.88 Å². The zero-order valence-electron chi connectivity index (χ0n) is 14.6. The number of nitrogens with one attached hydrogen (secondary N) is 2. The second kappa shape index (κ2) is 6.75. The molecule has 2 N–H and O–H groups in total. The molecule has 0 atom stereocenters. The number of hydrogen-bond donors (Lipinski definition) is 2. The van der Waals surface area contributed by atoms with E-state index in [2.05, 4.69) is 20.0 Å². The van der Waals surface area contributed by atoms with Gasteiger partial charge in [-0.25, -0.2) is 18.4 Å². The standard InChI is InChI=1S/C17H19N5O3S/c1-4-26(24,25)21-16-15-12(6-8-22(3)17(15)23)10-14(20-16)19-13-9-11(2)5-7-18-13/h5-10H,4H2,1-3H3,(H2,18,19,20,21). The normalized spacial score (nSPS) is 11.5. The number of nitrogens with zero attached hydrogens (tertiary/aromatic N) is 3. The summed E-state index contributed by atoms with van der Waals surface area (Å²) in [4.78, 5) is 21.0. The molecular formula is C17H19N5O3S. The smallest absolute Gasteiger partial charge is 0.261 e. The number of aryl methyl sites for hydroxylation is 2. The van der Waals surface area contributed by atoms with Crippen LogP contribution in [-0.4, -0.2) is 28.7 Å². The van der Waals surface area contributed by atoms with Gasteiger partial charge in [-0.2, -0.15) is 0 Å². The number of pyridine rings is 3. The summed E-state index contributed by atoms with van der Waals surface area (Å²) in [5.74, 6) is 0.837. The Morgan fingerprint density at radius 3 is 2.65 bits per heavy atom. The molecule has 3 heterocycles. The molecule has 0 amide bonds. The first kappa shape index (κ1) is 17.9. The molecule has 26 heavy (non-hydrogen) atoms. The lowest BCUT2D eigenvalue weighted by Gasteiger charge is -2.12. The summed E-state index contributed by atoms with van der Waals surface area (Å²) in [6.45, 7) is 3.45. The summed E-state index contributed by atoms with van der Waals surface area (Å²) in [6, 6.07) is 7.12. The lowest BCUT2D eigenvalue weighted by atomic mass is 10.2. The summed E-state index contributed by atoms with van der Waals surface area (Å²) in [6.07, 6.45) is 3.28. The summed E-state index contributed by atoms with van der Waals surface area (Å²) in [7, 11) is -1.99. The average Bonchev–Trinajstić information content (AvgIpc) is 2.58. The average molecular weight is 373 g/mol. The summed E-state index contributed by atoms with van der Waals surface area (Å²) >= 11 is 0. The van der Waals surface area contributed by atoms with Crippen molar-refractivity contribution in [3.05, 3.63) is 52.6 Å². The first-order valence-electron chi connectivity index (χ1n) is 7.99. The maximum absolute atomic E-state index is 12.5. The van der Waals surface area contributed by atoms with E-state index in [0.29, 0.717) is 17.0 Å². The molecule has 0 saturated heterocycles. The molecular weight excluding hydrogens is 354 g/mol. The molecule has 0 fully saturated rings. The SMILES string of the molecule is CCS(=O)(=O)Nc1nc(Nc2cc(C)ccn2)cc2ccn(C)c(=O)c12. The van der Waals surface area contributed by atoms with Crippen molar-refractivity contribution in [1.82, 2.24) is 14.5 Å². The summed E-state index contributed by atoms with van der Waals surface area (Å²) < 4.78 is 27.8. The lowest BCUT2D eigenvalue weighted by molar-refractivity contribution is 0.602. The molecule has 0 aromatic carbocycles. The zero-order valence-corrected chi connectivity index (χ0v) is 15.5. The Hall–Kier alpha value is -2.94. The fraction of sp³-hybridized carbons (Fsp3) is 0.235. The molecule has 0 bridgehead atoms. The van der Waals surface area contributed by atoms with Crippen molar-refractivity contribution in [3.8, 4) is 0 Å². The van der Waals surface area contributed by atoms with Crippen LogP contribution in [0.3, 0.4) is 0 Å². The highest BCUT2D eigenvalue weighted by molar-refractivity contribution is 7.92. The van der Waals surface area contributed by atoms with Gasteiger partial charge in [0, 0.05) is 19.4 Å². The molecule has 0 aliphatic carbocycles. The summed E-state index contributed by atoms with van der Waals surface area (Å²) in [5, 5.41) is 3.84. The summed E-state index contributed by atoms with van der Waals surface area (Å²) in [5.41, 5.74) is 0.688. The predicted molar refractivity (Wildman–Crippen MR) is 102 cm³/mol. The van der Waals surface area contributed by atoms with Crippen molar-refractivity contribution in [2.24, 2.45) is 7.05 Å². The first-order valence-corrected chi connectivity index (χ1v) is 9.65. The highest BCUT2D eigenvalue weighted by atomic mass is 32.2. The van der Waals surface area contributed by atoms with E-state index in [1.54, 1.807) is 31.6 Å². The number of aromatic nitrogens is 3. The fourth-order valence-electron chi connectivity index (χ4n) is 2.45. The quantitative estimate of drug-likeness (QED) is 0.710. The zero-order chi connectivity index (χ0) is 18.9. The van der Waals surface area contributed by atoms with E-state index in [4.69, 9.17) is 0 Å². The van der Waals surface area contributed by atoms with Crippen LogP contribution in [0, 0.1) is 6.92 Å². The van der Waals surface area contributed by atoms with Gasteiger partial charge in [0.05, 0.1) is 11.1 Å². The lowest BCUT2D eigenvalue weighted by Crippen LogP contribution is -2.21. The van der Waals surface area contributed by atoms with Crippen LogP contribution in [0.4, 0.5) is 17.5 Å². The second-order valence-corrected chi connectivity index (χ2v) is 7.91. The van der Waals surface area contributed by atoms with Crippen molar-refractivity contribution in [2.45, 2.75) is 13.8 Å². The van der Waals surface area contributed by atoms with Crippen molar-refractivity contribution in [3.63, 3.8) is 0 Å². The Balaban J connectivity index is 2.17. The number of anilines is 3. The molecule has 0 aliphatic rings. The highest BCUT2D eigenvalue weighted by Crippen LogP contribution is 2.24. The van der Waals surface area contributed by atoms with Crippen LogP contribution in [0.5, 0.6) is 0 Å². The topological polar surface area (TPSA) is 106 Å². The Bertz CT molecular complexity index is 1140. The van der Waals surface area contributed by atoms with E-state index in [1.165, 1.54) is 11.5 Å². The van der Waals surface area contributed by atoms with Gasteiger partial charge in [-0.05, 0) is 49.1 Å². The molecule has 0 spiro atoms. The minimum absolute atomic E-state index is 0.000651. The molecule has 3 rings (SSSR count). The minimum atomic E-state index is -3.59. The molecule has 3 aromatic heterocycles. The maximum atomic E-state index is 12.5. The number of fused-ring (bicyclic) bond motifs is 1. The Kier molecular flexibility index (Phi) is 4.64. The van der Waals surface area contributed by atoms with Crippen LogP contribution < -0.4 is 15.6 Å². The molecule has 0 unspecified atom stereocenters. The van der Waals surface area contributed by atoms with Crippen LogP contribution in [0.2, 0.25) is 0 Å². The van der Waals surface area contributed by atoms with Gasteiger partial charge in [0.15, 0.2) is 5.82 Å². The Morgan fingerprint density at radius 1 is 1.19 bits per heavy atom. The molecule has 0 radical (unpaired) electrons. The van der Waals surface area contributed by atoms with Crippen molar-refractivity contribution in [2.75, 3.05) is 15.8 Å². The third kappa shape index (κ3) is 3.67. The van der Waals surface area contributed by atoms with Gasteiger partial charge in [-0.3, -0.25) is 9.52 Å². The van der Waals surface area contributed by atoms with E-state index in [0.717, 1.165) is 5.56 Å². The van der Waals surface area contributed by atoms with E-state index < -0.39 is 10.0 Å². The third-order valence-corrected chi connectivity index (χ3v) is 5.13. The van der Waals surface area contributed by atoms with E-state index in [9.17, 15) is 13.2 Å². The van der Waals surface area contributed by atoms with Crippen LogP contribution in [0.1, 0.15) is 12.5 Å². The molecule has 0 aliphatic heterocycles. The van der Waals surface area contributed by atoms with Crippen LogP contribution in [-0.2, 0) is 17.1 Å². The van der Waals surface area contributed by atoms with Crippen LogP contribution >= 0.6 is 0 Å². The highest BCUT2D eigenvalue weighted by Gasteiger charge is 2.16. The van der Waals surface area contributed by atoms with E-state index >= 15 is 0 Å². The number of hydrogen-bond acceptors (Lipinski definition) is 6. The molecule has 136 valence electrons. The largest absolute Gasteiger partial charge is 0.325 e. The molecule has 3 aromatic rings. The van der Waals surface area contributed by atoms with Gasteiger partial charge in [-0.15, -0.1) is 0 Å². The van der Waals surface area contributed by atoms with Crippen LogP contribution in [0.15, 0.2) is 41.5 Å². The van der Waals surface area contributed by atoms with Gasteiger partial charge in [0.1, 0.15) is 11.6 Å². The third-order valence-electron chi connectivity index (χ3n) is 3.87. The predicted octanol–water partition coefficient (Wildman–Crippen LogP) is 2.14. The molecule has 8 nitrogen and oxygen atoms in total. The number of rotatable bonds is 5. The first-order chi connectivity index (χ1) is 12.3. The molecule has 0 saturated carbocycles. The van der Waals surface area contributed by atoms with Crippen molar-refractivity contribution < 1.29 is 8.42 Å². The molecule has 9 heteroatoms. The van der Waals surface area contributed by atoms with E-state index in [1.807, 2.05) is 19.1 Å². The number of sulfonamides is 1. The fourth-order valence-corrected chi connectivity index (χ4v) is 3.04. The minimum Gasteiger partial charge on any atom is -0.325 e. The second-order valence-electron chi connectivity index (χ2n) is 5.90. The Morgan fingerprint density at radius 2 is 1.96 bits per heavy atom. The Labute approximate surface area is 151 Å². The van der Waals surface area contributed by atoms with Gasteiger partial charge in [-0.1, -0.05) is 0 Å². The monoisotopic (exact) mass is 373 g/mol. The van der Waals surface area contributed by atoms with Gasteiger partial charge >= 0.3 is 0 Å². The maximum Gasteiger partial charge on any atom is 0.261 e. The van der Waals surface area contributed by atoms with Crippen molar-refractivity contribution in [1.29, 1.82) is 0 Å². The van der Waals surface area contributed by atoms with E-state index in [-0.39, 0.29) is 22.5 Å². The van der Waals surface area contributed by atoms with Gasteiger partial charge in [0.25, 0.3) is 5.56 Å². The van der Waals surface area contributed by atoms with Crippen molar-refractivity contribution >= 4 is 38.2 Å².